The zero-order valence-electron chi connectivity index (χ0n) is 11.3. The molecule has 0 bridgehead atoms. The van der Waals surface area contributed by atoms with E-state index in [0.29, 0.717) is 17.1 Å². The topological polar surface area (TPSA) is 37.4 Å². The molecule has 1 unspecified atom stereocenters. The number of halogens is 1. The van der Waals surface area contributed by atoms with Crippen LogP contribution in [0.2, 0.25) is 5.02 Å². The van der Waals surface area contributed by atoms with Gasteiger partial charge >= 0.3 is 0 Å². The lowest BCUT2D eigenvalue weighted by molar-refractivity contribution is -0.122. The van der Waals surface area contributed by atoms with Crippen molar-refractivity contribution in [3.8, 4) is 0 Å². The Morgan fingerprint density at radius 2 is 1.81 bits per heavy atom. The van der Waals surface area contributed by atoms with Gasteiger partial charge in [0.15, 0.2) is 0 Å². The first kappa shape index (κ1) is 13.8. The summed E-state index contributed by atoms with van der Waals surface area (Å²) in [4.78, 5) is 25.9. The average Bonchev–Trinajstić information content (AvgIpc) is 2.74. The Morgan fingerprint density at radius 1 is 1.05 bits per heavy atom. The molecule has 2 aromatic carbocycles. The van der Waals surface area contributed by atoms with Crippen LogP contribution in [0.15, 0.2) is 54.6 Å². The van der Waals surface area contributed by atoms with E-state index in [4.69, 9.17) is 11.6 Å². The molecule has 1 atom stereocenters. The second kappa shape index (κ2) is 5.70. The van der Waals surface area contributed by atoms with Crippen molar-refractivity contribution in [2.45, 2.75) is 12.8 Å². The minimum atomic E-state index is -0.293. The molecule has 1 saturated heterocycles. The zero-order chi connectivity index (χ0) is 14.8. The predicted molar refractivity (Wildman–Crippen MR) is 82.2 cm³/mol. The van der Waals surface area contributed by atoms with Gasteiger partial charge in [0, 0.05) is 11.4 Å². The molecule has 2 aromatic rings. The number of carbonyl (C=O) groups excluding carboxylic acids is 2. The molecule has 0 saturated carbocycles. The lowest BCUT2D eigenvalue weighted by atomic mass is 9.98. The van der Waals surface area contributed by atoms with Gasteiger partial charge in [-0.15, -0.1) is 0 Å². The molecule has 1 aliphatic rings. The van der Waals surface area contributed by atoms with Gasteiger partial charge in [0.2, 0.25) is 11.8 Å². The zero-order valence-corrected chi connectivity index (χ0v) is 12.1. The van der Waals surface area contributed by atoms with Gasteiger partial charge in [-0.25, -0.2) is 0 Å². The summed E-state index contributed by atoms with van der Waals surface area (Å²) in [6.07, 6.45) is 0.836. The number of rotatable bonds is 3. The van der Waals surface area contributed by atoms with Crippen LogP contribution in [0.3, 0.4) is 0 Å². The van der Waals surface area contributed by atoms with E-state index in [2.05, 4.69) is 0 Å². The van der Waals surface area contributed by atoms with E-state index in [1.54, 1.807) is 24.3 Å². The number of hydrogen-bond acceptors (Lipinski definition) is 2. The lowest BCUT2D eigenvalue weighted by Crippen LogP contribution is -2.30. The number of hydrogen-bond donors (Lipinski definition) is 0. The molecule has 0 aliphatic carbocycles. The van der Waals surface area contributed by atoms with Gasteiger partial charge in [0.25, 0.3) is 0 Å². The molecular weight excluding hydrogens is 286 g/mol. The summed E-state index contributed by atoms with van der Waals surface area (Å²) < 4.78 is 0. The van der Waals surface area contributed by atoms with Crippen LogP contribution in [0.5, 0.6) is 0 Å². The third-order valence-electron chi connectivity index (χ3n) is 3.63. The first-order chi connectivity index (χ1) is 10.1. The maximum atomic E-state index is 12.5. The highest BCUT2D eigenvalue weighted by atomic mass is 35.5. The summed E-state index contributed by atoms with van der Waals surface area (Å²) in [6.45, 7) is 0. The van der Waals surface area contributed by atoms with Gasteiger partial charge in [-0.2, -0.15) is 0 Å². The largest absolute Gasteiger partial charge is 0.274 e. The highest BCUT2D eigenvalue weighted by Crippen LogP contribution is 2.30. The Bertz CT molecular complexity index is 684. The van der Waals surface area contributed by atoms with Crippen LogP contribution in [0.4, 0.5) is 5.69 Å². The van der Waals surface area contributed by atoms with Crippen LogP contribution in [-0.2, 0) is 16.0 Å². The van der Waals surface area contributed by atoms with E-state index in [0.717, 1.165) is 5.56 Å². The maximum Gasteiger partial charge on any atom is 0.237 e. The molecule has 1 heterocycles. The molecule has 3 rings (SSSR count). The average molecular weight is 300 g/mol. The quantitative estimate of drug-likeness (QED) is 0.814. The summed E-state index contributed by atoms with van der Waals surface area (Å²) in [7, 11) is 0. The van der Waals surface area contributed by atoms with Crippen molar-refractivity contribution in [2.75, 3.05) is 4.90 Å². The van der Waals surface area contributed by atoms with Crippen molar-refractivity contribution in [1.82, 2.24) is 0 Å². The molecule has 4 heteroatoms. The van der Waals surface area contributed by atoms with Crippen molar-refractivity contribution in [3.63, 3.8) is 0 Å². The molecular formula is C17H14ClNO2. The second-order valence-corrected chi connectivity index (χ2v) is 5.57. The lowest BCUT2D eigenvalue weighted by Gasteiger charge is -2.15. The van der Waals surface area contributed by atoms with Gasteiger partial charge in [0.1, 0.15) is 0 Å². The fraction of sp³-hybridized carbons (Fsp3) is 0.176. The monoisotopic (exact) mass is 299 g/mol. The van der Waals surface area contributed by atoms with E-state index in [1.165, 1.54) is 4.90 Å². The van der Waals surface area contributed by atoms with Gasteiger partial charge in [-0.3, -0.25) is 14.5 Å². The van der Waals surface area contributed by atoms with Crippen LogP contribution in [0.1, 0.15) is 12.0 Å². The van der Waals surface area contributed by atoms with Crippen LogP contribution in [0.25, 0.3) is 0 Å². The number of nitrogens with zero attached hydrogens (tertiary/aromatic N) is 1. The third kappa shape index (κ3) is 2.83. The van der Waals surface area contributed by atoms with Crippen molar-refractivity contribution >= 4 is 29.1 Å². The Hall–Kier alpha value is -2.13. The molecule has 1 aliphatic heterocycles. The minimum Gasteiger partial charge on any atom is -0.274 e. The predicted octanol–water partition coefficient (Wildman–Crippen LogP) is 3.46. The van der Waals surface area contributed by atoms with Crippen LogP contribution < -0.4 is 4.90 Å². The summed E-state index contributed by atoms with van der Waals surface area (Å²) in [5.41, 5.74) is 1.62. The molecule has 0 radical (unpaired) electrons. The molecule has 0 N–H and O–H groups in total. The van der Waals surface area contributed by atoms with Crippen LogP contribution >= 0.6 is 11.6 Å². The molecule has 3 nitrogen and oxygen atoms in total. The molecule has 0 spiro atoms. The number of anilines is 1. The van der Waals surface area contributed by atoms with E-state index in [1.807, 2.05) is 30.3 Å². The molecule has 21 heavy (non-hydrogen) atoms. The fourth-order valence-electron chi connectivity index (χ4n) is 2.64. The summed E-state index contributed by atoms with van der Waals surface area (Å²) in [6, 6.07) is 16.6. The van der Waals surface area contributed by atoms with Crippen LogP contribution in [-0.4, -0.2) is 11.8 Å². The Balaban J connectivity index is 1.82. The normalized spacial score (nSPS) is 18.3. The summed E-state index contributed by atoms with van der Waals surface area (Å²) >= 11 is 5.94. The molecule has 1 fully saturated rings. The first-order valence-electron chi connectivity index (χ1n) is 6.81. The van der Waals surface area contributed by atoms with Crippen molar-refractivity contribution in [2.24, 2.45) is 5.92 Å². The second-order valence-electron chi connectivity index (χ2n) is 5.14. The Kier molecular flexibility index (Phi) is 3.76. The molecule has 2 amide bonds. The van der Waals surface area contributed by atoms with Crippen molar-refractivity contribution in [1.29, 1.82) is 0 Å². The number of carbonyl (C=O) groups is 2. The van der Waals surface area contributed by atoms with Gasteiger partial charge < -0.3 is 0 Å². The molecule has 106 valence electrons. The number of amides is 2. The van der Waals surface area contributed by atoms with E-state index < -0.39 is 0 Å². The smallest absolute Gasteiger partial charge is 0.237 e. The van der Waals surface area contributed by atoms with E-state index in [9.17, 15) is 9.59 Å². The van der Waals surface area contributed by atoms with Gasteiger partial charge in [-0.05, 0) is 30.2 Å². The first-order valence-corrected chi connectivity index (χ1v) is 7.19. The fourth-order valence-corrected chi connectivity index (χ4v) is 2.82. The minimum absolute atomic E-state index is 0.147. The van der Waals surface area contributed by atoms with Crippen molar-refractivity contribution < 1.29 is 9.59 Å². The summed E-state index contributed by atoms with van der Waals surface area (Å²) in [5, 5.41) is 0.514. The van der Waals surface area contributed by atoms with Crippen LogP contribution in [0, 0.1) is 5.92 Å². The van der Waals surface area contributed by atoms with E-state index in [-0.39, 0.29) is 24.2 Å². The Morgan fingerprint density at radius 3 is 2.52 bits per heavy atom. The number of imide groups is 1. The summed E-state index contributed by atoms with van der Waals surface area (Å²) in [5.74, 6) is -0.604. The van der Waals surface area contributed by atoms with E-state index >= 15 is 0 Å². The SMILES string of the molecule is O=C1CC(Cc2ccccc2)C(=O)N1c1cccc(Cl)c1. The van der Waals surface area contributed by atoms with Crippen molar-refractivity contribution in [3.05, 3.63) is 65.2 Å². The van der Waals surface area contributed by atoms with Gasteiger partial charge in [-0.1, -0.05) is 48.0 Å². The standard InChI is InChI=1S/C17H14ClNO2/c18-14-7-4-8-15(11-14)19-16(20)10-13(17(19)21)9-12-5-2-1-3-6-12/h1-8,11,13H,9-10H2. The highest BCUT2D eigenvalue weighted by molar-refractivity contribution is 6.31. The number of benzene rings is 2. The van der Waals surface area contributed by atoms with Gasteiger partial charge in [0.05, 0.1) is 11.6 Å². The highest BCUT2D eigenvalue weighted by Gasteiger charge is 2.39. The Labute approximate surface area is 128 Å². The molecule has 0 aromatic heterocycles. The maximum absolute atomic E-state index is 12.5. The third-order valence-corrected chi connectivity index (χ3v) is 3.87.